The van der Waals surface area contributed by atoms with Crippen LogP contribution in [0, 0.1) is 11.6 Å². The summed E-state index contributed by atoms with van der Waals surface area (Å²) in [5.41, 5.74) is 1.74. The van der Waals surface area contributed by atoms with Crippen molar-refractivity contribution in [1.29, 1.82) is 0 Å². The van der Waals surface area contributed by atoms with Crippen molar-refractivity contribution in [1.82, 2.24) is 0 Å². The van der Waals surface area contributed by atoms with Gasteiger partial charge >= 0.3 is 0 Å². The lowest BCUT2D eigenvalue weighted by atomic mass is 10.2. The molecule has 3 aromatic rings. The average molecular weight is 466 g/mol. The minimum absolute atomic E-state index is 0.152. The maximum atomic E-state index is 13.3. The second kappa shape index (κ2) is 8.91. The molecule has 0 saturated heterocycles. The minimum atomic E-state index is -4.13. The molecule has 0 fully saturated rings. The molecule has 6 nitrogen and oxygen atoms in total. The molecule has 0 bridgehead atoms. The molecule has 162 valence electrons. The summed E-state index contributed by atoms with van der Waals surface area (Å²) in [5, 5.41) is 3.19. The highest BCUT2D eigenvalue weighted by atomic mass is 35.5. The third kappa shape index (κ3) is 5.31. The smallest absolute Gasteiger partial charge is 0.261 e. The Balaban J connectivity index is 1.71. The summed E-state index contributed by atoms with van der Waals surface area (Å²) in [6.45, 7) is 0. The van der Waals surface area contributed by atoms with Gasteiger partial charge in [0.1, 0.15) is 0 Å². The van der Waals surface area contributed by atoms with Gasteiger partial charge in [-0.05, 0) is 60.7 Å². The van der Waals surface area contributed by atoms with Crippen LogP contribution in [0.5, 0.6) is 0 Å². The summed E-state index contributed by atoms with van der Waals surface area (Å²) in [4.78, 5) is 13.9. The molecule has 0 unspecified atom stereocenters. The van der Waals surface area contributed by atoms with Crippen LogP contribution in [0.15, 0.2) is 65.6 Å². The molecule has 0 heterocycles. The van der Waals surface area contributed by atoms with E-state index in [1.165, 1.54) is 24.3 Å². The molecule has 0 radical (unpaired) electrons. The van der Waals surface area contributed by atoms with Crippen LogP contribution in [-0.4, -0.2) is 28.4 Å². The molecule has 31 heavy (non-hydrogen) atoms. The van der Waals surface area contributed by atoms with Gasteiger partial charge in [-0.25, -0.2) is 17.2 Å². The normalized spacial score (nSPS) is 11.1. The zero-order chi connectivity index (χ0) is 22.8. The fourth-order valence-corrected chi connectivity index (χ4v) is 4.12. The van der Waals surface area contributed by atoms with E-state index in [1.54, 1.807) is 18.2 Å². The quantitative estimate of drug-likeness (QED) is 0.551. The number of amides is 1. The molecule has 1 amide bonds. The van der Waals surface area contributed by atoms with Crippen molar-refractivity contribution in [2.45, 2.75) is 4.90 Å². The van der Waals surface area contributed by atoms with Crippen LogP contribution >= 0.6 is 11.6 Å². The van der Waals surface area contributed by atoms with Crippen molar-refractivity contribution in [3.05, 3.63) is 82.9 Å². The molecule has 0 saturated carbocycles. The number of nitrogens with one attached hydrogen (secondary N) is 2. The molecule has 10 heteroatoms. The van der Waals surface area contributed by atoms with Crippen molar-refractivity contribution in [3.63, 3.8) is 0 Å². The summed E-state index contributed by atoms with van der Waals surface area (Å²) < 4.78 is 53.3. The van der Waals surface area contributed by atoms with E-state index in [9.17, 15) is 22.0 Å². The maximum absolute atomic E-state index is 13.3. The van der Waals surface area contributed by atoms with Crippen molar-refractivity contribution >= 4 is 44.6 Å². The number of sulfonamides is 1. The van der Waals surface area contributed by atoms with Crippen LogP contribution in [0.3, 0.4) is 0 Å². The Hall–Kier alpha value is -3.17. The van der Waals surface area contributed by atoms with Crippen LogP contribution in [0.4, 0.5) is 25.8 Å². The Kier molecular flexibility index (Phi) is 6.47. The second-order valence-electron chi connectivity index (χ2n) is 6.77. The van der Waals surface area contributed by atoms with E-state index >= 15 is 0 Å². The second-order valence-corrected chi connectivity index (χ2v) is 8.86. The first-order valence-electron chi connectivity index (χ1n) is 8.93. The number of benzene rings is 3. The molecule has 0 aliphatic rings. The monoisotopic (exact) mass is 465 g/mol. The highest BCUT2D eigenvalue weighted by Crippen LogP contribution is 2.27. The zero-order valence-electron chi connectivity index (χ0n) is 16.5. The largest absolute Gasteiger partial charge is 0.376 e. The topological polar surface area (TPSA) is 78.5 Å². The molecule has 0 aliphatic heterocycles. The van der Waals surface area contributed by atoms with Crippen LogP contribution < -0.4 is 14.9 Å². The van der Waals surface area contributed by atoms with Gasteiger partial charge in [-0.3, -0.25) is 9.52 Å². The Morgan fingerprint density at radius 3 is 2.13 bits per heavy atom. The third-order valence-electron chi connectivity index (χ3n) is 4.29. The van der Waals surface area contributed by atoms with Gasteiger partial charge in [0, 0.05) is 31.0 Å². The molecule has 0 aliphatic carbocycles. The number of anilines is 3. The SMILES string of the molecule is CN(C)c1ccc(NC(=O)c2ccc(NS(=O)(=O)c3ccc(F)c(F)c3)cc2)cc1Cl. The average Bonchev–Trinajstić information content (AvgIpc) is 2.70. The number of halogens is 3. The first kappa shape index (κ1) is 22.5. The molecular weight excluding hydrogens is 448 g/mol. The van der Waals surface area contributed by atoms with E-state index in [4.69, 9.17) is 11.6 Å². The van der Waals surface area contributed by atoms with Gasteiger partial charge in [-0.2, -0.15) is 0 Å². The van der Waals surface area contributed by atoms with Gasteiger partial charge in [0.2, 0.25) is 0 Å². The summed E-state index contributed by atoms with van der Waals surface area (Å²) in [7, 11) is -0.428. The lowest BCUT2D eigenvalue weighted by Crippen LogP contribution is -2.15. The van der Waals surface area contributed by atoms with Gasteiger partial charge in [0.05, 0.1) is 15.6 Å². The number of nitrogens with zero attached hydrogens (tertiary/aromatic N) is 1. The van der Waals surface area contributed by atoms with E-state index < -0.39 is 32.5 Å². The molecule has 0 atom stereocenters. The lowest BCUT2D eigenvalue weighted by Gasteiger charge is -2.15. The van der Waals surface area contributed by atoms with Crippen molar-refractivity contribution < 1.29 is 22.0 Å². The highest BCUT2D eigenvalue weighted by molar-refractivity contribution is 7.92. The van der Waals surface area contributed by atoms with Crippen LogP contribution in [0.2, 0.25) is 5.02 Å². The minimum Gasteiger partial charge on any atom is -0.376 e. The van der Waals surface area contributed by atoms with Gasteiger partial charge in [0.25, 0.3) is 15.9 Å². The van der Waals surface area contributed by atoms with Crippen LogP contribution in [0.1, 0.15) is 10.4 Å². The van der Waals surface area contributed by atoms with E-state index in [2.05, 4.69) is 10.0 Å². The molecule has 0 spiro atoms. The van der Waals surface area contributed by atoms with Gasteiger partial charge < -0.3 is 10.2 Å². The standard InChI is InChI=1S/C21H18ClF2N3O3S/c1-27(2)20-10-7-15(11-17(20)22)25-21(28)13-3-5-14(6-4-13)26-31(29,30)16-8-9-18(23)19(24)12-16/h3-12,26H,1-2H3,(H,25,28). The van der Waals surface area contributed by atoms with E-state index in [0.29, 0.717) is 16.8 Å². The van der Waals surface area contributed by atoms with Gasteiger partial charge in [0.15, 0.2) is 11.6 Å². The Morgan fingerprint density at radius 2 is 1.55 bits per heavy atom. The predicted octanol–water partition coefficient (Wildman–Crippen LogP) is 4.74. The number of carbonyl (C=O) groups excluding carboxylic acids is 1. The number of hydrogen-bond donors (Lipinski definition) is 2. The predicted molar refractivity (Wildman–Crippen MR) is 117 cm³/mol. The molecule has 3 rings (SSSR count). The summed E-state index contributed by atoms with van der Waals surface area (Å²) in [6, 6.07) is 13.0. The summed E-state index contributed by atoms with van der Waals surface area (Å²) in [6.07, 6.45) is 0. The van der Waals surface area contributed by atoms with E-state index in [1.807, 2.05) is 19.0 Å². The fourth-order valence-electron chi connectivity index (χ4n) is 2.70. The fraction of sp³-hybridized carbons (Fsp3) is 0.0952. The van der Waals surface area contributed by atoms with E-state index in [0.717, 1.165) is 17.8 Å². The molecule has 0 aromatic heterocycles. The first-order valence-corrected chi connectivity index (χ1v) is 10.8. The molecule has 2 N–H and O–H groups in total. The Bertz CT molecular complexity index is 1230. The first-order chi connectivity index (χ1) is 14.6. The van der Waals surface area contributed by atoms with Crippen molar-refractivity contribution in [3.8, 4) is 0 Å². The summed E-state index contributed by atoms with van der Waals surface area (Å²) >= 11 is 6.20. The third-order valence-corrected chi connectivity index (χ3v) is 5.97. The van der Waals surface area contributed by atoms with E-state index in [-0.39, 0.29) is 11.3 Å². The van der Waals surface area contributed by atoms with Gasteiger partial charge in [-0.15, -0.1) is 0 Å². The van der Waals surface area contributed by atoms with Crippen LogP contribution in [-0.2, 0) is 10.0 Å². The Labute approximate surface area is 183 Å². The number of hydrogen-bond acceptors (Lipinski definition) is 4. The van der Waals surface area contributed by atoms with Crippen molar-refractivity contribution in [2.24, 2.45) is 0 Å². The molecule has 3 aromatic carbocycles. The van der Waals surface area contributed by atoms with Crippen molar-refractivity contribution in [2.75, 3.05) is 29.0 Å². The highest BCUT2D eigenvalue weighted by Gasteiger charge is 2.17. The Morgan fingerprint density at radius 1 is 0.903 bits per heavy atom. The number of rotatable bonds is 6. The summed E-state index contributed by atoms with van der Waals surface area (Å²) in [5.74, 6) is -2.83. The lowest BCUT2D eigenvalue weighted by molar-refractivity contribution is 0.102. The van der Waals surface area contributed by atoms with Crippen LogP contribution in [0.25, 0.3) is 0 Å². The molecular formula is C21H18ClF2N3O3S. The zero-order valence-corrected chi connectivity index (χ0v) is 18.1. The van der Waals surface area contributed by atoms with Gasteiger partial charge in [-0.1, -0.05) is 11.6 Å². The number of carbonyl (C=O) groups is 1. The maximum Gasteiger partial charge on any atom is 0.261 e.